The molecule has 0 bridgehead atoms. The van der Waals surface area contributed by atoms with Crippen molar-refractivity contribution in [3.8, 4) is 5.75 Å². The summed E-state index contributed by atoms with van der Waals surface area (Å²) in [6.45, 7) is 3.21. The van der Waals surface area contributed by atoms with Crippen LogP contribution in [-0.4, -0.2) is 19.6 Å². The maximum Gasteiger partial charge on any atom is 0.222 e. The molecule has 0 aromatic heterocycles. The Morgan fingerprint density at radius 2 is 1.73 bits per heavy atom. The Balaban J connectivity index is 1.68. The molecule has 0 aliphatic heterocycles. The summed E-state index contributed by atoms with van der Waals surface area (Å²) in [5, 5.41) is 6.15. The second-order valence-corrected chi connectivity index (χ2v) is 5.17. The smallest absolute Gasteiger partial charge is 0.222 e. The van der Waals surface area contributed by atoms with Gasteiger partial charge in [0.1, 0.15) is 5.75 Å². The lowest BCUT2D eigenvalue weighted by Crippen LogP contribution is -2.24. The highest BCUT2D eigenvalue weighted by Crippen LogP contribution is 2.11. The molecule has 2 rings (SSSR count). The first kappa shape index (κ1) is 15.9. The zero-order valence-electron chi connectivity index (χ0n) is 13.1. The van der Waals surface area contributed by atoms with Crippen LogP contribution in [0.3, 0.4) is 0 Å². The molecular weight excluding hydrogens is 276 g/mol. The number of amides is 1. The van der Waals surface area contributed by atoms with Crippen molar-refractivity contribution in [3.05, 3.63) is 59.7 Å². The van der Waals surface area contributed by atoms with E-state index >= 15 is 0 Å². The number of benzene rings is 2. The number of methoxy groups -OCH3 is 1. The predicted molar refractivity (Wildman–Crippen MR) is 89.1 cm³/mol. The molecule has 1 amide bonds. The van der Waals surface area contributed by atoms with E-state index in [9.17, 15) is 4.79 Å². The van der Waals surface area contributed by atoms with Crippen molar-refractivity contribution in [2.45, 2.75) is 19.9 Å². The van der Waals surface area contributed by atoms with Crippen molar-refractivity contribution in [2.75, 3.05) is 19.0 Å². The van der Waals surface area contributed by atoms with Crippen LogP contribution in [0.1, 0.15) is 17.5 Å². The summed E-state index contributed by atoms with van der Waals surface area (Å²) in [6.07, 6.45) is 0.448. The molecule has 0 atom stereocenters. The van der Waals surface area contributed by atoms with E-state index in [0.29, 0.717) is 19.5 Å². The Bertz CT molecular complexity index is 591. The van der Waals surface area contributed by atoms with Crippen LogP contribution >= 0.6 is 0 Å². The van der Waals surface area contributed by atoms with Crippen LogP contribution in [0.15, 0.2) is 48.5 Å². The van der Waals surface area contributed by atoms with Gasteiger partial charge in [-0.15, -0.1) is 0 Å². The summed E-state index contributed by atoms with van der Waals surface area (Å²) >= 11 is 0. The Hall–Kier alpha value is -2.49. The lowest BCUT2D eigenvalue weighted by molar-refractivity contribution is -0.121. The van der Waals surface area contributed by atoms with Crippen molar-refractivity contribution in [3.63, 3.8) is 0 Å². The van der Waals surface area contributed by atoms with Gasteiger partial charge in [-0.1, -0.05) is 29.8 Å². The van der Waals surface area contributed by atoms with E-state index < -0.39 is 0 Å². The lowest BCUT2D eigenvalue weighted by Gasteiger charge is -2.08. The normalized spacial score (nSPS) is 10.1. The van der Waals surface area contributed by atoms with Gasteiger partial charge in [0, 0.05) is 25.2 Å². The standard InChI is InChI=1S/C18H22N2O2/c1-14-3-7-16(8-4-14)19-12-11-18(21)20-13-15-5-9-17(22-2)10-6-15/h3-10,19H,11-13H2,1-2H3,(H,20,21). The number of ether oxygens (including phenoxy) is 1. The molecule has 0 saturated carbocycles. The summed E-state index contributed by atoms with van der Waals surface area (Å²) in [5.74, 6) is 0.854. The molecule has 2 N–H and O–H groups in total. The zero-order chi connectivity index (χ0) is 15.8. The monoisotopic (exact) mass is 298 g/mol. The van der Waals surface area contributed by atoms with Gasteiger partial charge >= 0.3 is 0 Å². The number of anilines is 1. The largest absolute Gasteiger partial charge is 0.497 e. The SMILES string of the molecule is COc1ccc(CNC(=O)CCNc2ccc(C)cc2)cc1. The van der Waals surface area contributed by atoms with Gasteiger partial charge in [0.05, 0.1) is 7.11 Å². The van der Waals surface area contributed by atoms with Crippen LogP contribution in [0.25, 0.3) is 0 Å². The molecule has 0 saturated heterocycles. The van der Waals surface area contributed by atoms with Crippen molar-refractivity contribution in [1.29, 1.82) is 0 Å². The number of hydrogen-bond acceptors (Lipinski definition) is 3. The van der Waals surface area contributed by atoms with E-state index in [0.717, 1.165) is 17.0 Å². The van der Waals surface area contributed by atoms with Gasteiger partial charge < -0.3 is 15.4 Å². The quantitative estimate of drug-likeness (QED) is 0.825. The molecule has 0 fully saturated rings. The fourth-order valence-electron chi connectivity index (χ4n) is 2.02. The second kappa shape index (κ2) is 8.08. The van der Waals surface area contributed by atoms with Crippen LogP contribution in [0, 0.1) is 6.92 Å². The third-order valence-electron chi connectivity index (χ3n) is 3.38. The van der Waals surface area contributed by atoms with Crippen molar-refractivity contribution in [2.24, 2.45) is 0 Å². The van der Waals surface area contributed by atoms with E-state index in [2.05, 4.69) is 17.6 Å². The minimum Gasteiger partial charge on any atom is -0.497 e. The second-order valence-electron chi connectivity index (χ2n) is 5.17. The first-order valence-electron chi connectivity index (χ1n) is 7.37. The van der Waals surface area contributed by atoms with Gasteiger partial charge in [0.15, 0.2) is 0 Å². The highest BCUT2D eigenvalue weighted by molar-refractivity contribution is 5.76. The van der Waals surface area contributed by atoms with Crippen LogP contribution in [0.4, 0.5) is 5.69 Å². The molecule has 2 aromatic rings. The summed E-state index contributed by atoms with van der Waals surface area (Å²) in [7, 11) is 1.64. The molecule has 22 heavy (non-hydrogen) atoms. The van der Waals surface area contributed by atoms with Gasteiger partial charge in [-0.2, -0.15) is 0 Å². The molecule has 2 aromatic carbocycles. The Labute approximate surface area is 131 Å². The third-order valence-corrected chi connectivity index (χ3v) is 3.38. The van der Waals surface area contributed by atoms with Gasteiger partial charge in [0.2, 0.25) is 5.91 Å². The number of rotatable bonds is 7. The van der Waals surface area contributed by atoms with Crippen LogP contribution in [-0.2, 0) is 11.3 Å². The van der Waals surface area contributed by atoms with E-state index in [1.807, 2.05) is 48.5 Å². The minimum atomic E-state index is 0.0374. The van der Waals surface area contributed by atoms with E-state index in [1.54, 1.807) is 7.11 Å². The number of hydrogen-bond donors (Lipinski definition) is 2. The minimum absolute atomic E-state index is 0.0374. The maximum absolute atomic E-state index is 11.8. The van der Waals surface area contributed by atoms with Crippen molar-refractivity contribution in [1.82, 2.24) is 5.32 Å². The van der Waals surface area contributed by atoms with Gasteiger partial charge in [-0.3, -0.25) is 4.79 Å². The van der Waals surface area contributed by atoms with Crippen LogP contribution in [0.2, 0.25) is 0 Å². The average molecular weight is 298 g/mol. The van der Waals surface area contributed by atoms with E-state index in [-0.39, 0.29) is 5.91 Å². The number of carbonyl (C=O) groups is 1. The maximum atomic E-state index is 11.8. The number of nitrogens with one attached hydrogen (secondary N) is 2. The first-order chi connectivity index (χ1) is 10.7. The van der Waals surface area contributed by atoms with Crippen LogP contribution in [0.5, 0.6) is 5.75 Å². The predicted octanol–water partition coefficient (Wildman–Crippen LogP) is 3.12. The molecule has 0 aliphatic rings. The van der Waals surface area contributed by atoms with Gasteiger partial charge in [0.25, 0.3) is 0 Å². The molecule has 0 aliphatic carbocycles. The fourth-order valence-corrected chi connectivity index (χ4v) is 2.02. The fraction of sp³-hybridized carbons (Fsp3) is 0.278. The summed E-state index contributed by atoms with van der Waals surface area (Å²) < 4.78 is 5.10. The van der Waals surface area contributed by atoms with E-state index in [1.165, 1.54) is 5.56 Å². The Kier molecular flexibility index (Phi) is 5.83. The summed E-state index contributed by atoms with van der Waals surface area (Å²) in [5.41, 5.74) is 3.32. The topological polar surface area (TPSA) is 50.4 Å². The zero-order valence-corrected chi connectivity index (χ0v) is 13.1. The summed E-state index contributed by atoms with van der Waals surface area (Å²) in [6, 6.07) is 15.8. The number of aryl methyl sites for hydroxylation is 1. The van der Waals surface area contributed by atoms with Crippen molar-refractivity contribution >= 4 is 11.6 Å². The molecule has 0 radical (unpaired) electrons. The molecule has 0 spiro atoms. The Morgan fingerprint density at radius 3 is 2.36 bits per heavy atom. The molecule has 0 unspecified atom stereocenters. The van der Waals surface area contributed by atoms with Crippen molar-refractivity contribution < 1.29 is 9.53 Å². The number of carbonyl (C=O) groups excluding carboxylic acids is 1. The first-order valence-corrected chi connectivity index (χ1v) is 7.37. The van der Waals surface area contributed by atoms with Gasteiger partial charge in [-0.05, 0) is 36.8 Å². The molecule has 116 valence electrons. The molecular formula is C18H22N2O2. The Morgan fingerprint density at radius 1 is 1.05 bits per heavy atom. The highest BCUT2D eigenvalue weighted by atomic mass is 16.5. The molecule has 0 heterocycles. The van der Waals surface area contributed by atoms with E-state index in [4.69, 9.17) is 4.74 Å². The molecule has 4 nitrogen and oxygen atoms in total. The average Bonchev–Trinajstić information content (AvgIpc) is 2.55. The molecule has 4 heteroatoms. The highest BCUT2D eigenvalue weighted by Gasteiger charge is 2.01. The van der Waals surface area contributed by atoms with Gasteiger partial charge in [-0.25, -0.2) is 0 Å². The lowest BCUT2D eigenvalue weighted by atomic mass is 10.2. The third kappa shape index (κ3) is 5.13. The van der Waals surface area contributed by atoms with Crippen LogP contribution < -0.4 is 15.4 Å². The summed E-state index contributed by atoms with van der Waals surface area (Å²) in [4.78, 5) is 11.8.